The summed E-state index contributed by atoms with van der Waals surface area (Å²) >= 11 is 5.89. The van der Waals surface area contributed by atoms with Gasteiger partial charge in [0.1, 0.15) is 7.28 Å². The minimum Gasteiger partial charge on any atom is -0.321 e. The Morgan fingerprint density at radius 3 is 2.16 bits per heavy atom. The third-order valence-electron chi connectivity index (χ3n) is 4.12. The van der Waals surface area contributed by atoms with Crippen molar-refractivity contribution in [1.29, 1.82) is 0 Å². The molecule has 0 spiro atoms. The summed E-state index contributed by atoms with van der Waals surface area (Å²) in [6, 6.07) is 7.61. The summed E-state index contributed by atoms with van der Waals surface area (Å²) in [5.41, 5.74) is -1.89. The van der Waals surface area contributed by atoms with Gasteiger partial charge in [-0.15, -0.1) is 0 Å². The maximum atomic E-state index is 12.9. The predicted molar refractivity (Wildman–Crippen MR) is 116 cm³/mol. The molecule has 0 saturated carbocycles. The highest BCUT2D eigenvalue weighted by Crippen LogP contribution is 2.34. The number of amides is 1. The van der Waals surface area contributed by atoms with Crippen LogP contribution >= 0.6 is 11.6 Å². The summed E-state index contributed by atoms with van der Waals surface area (Å²) in [4.78, 5) is 12.4. The Morgan fingerprint density at radius 1 is 1.06 bits per heavy atom. The van der Waals surface area contributed by atoms with Crippen LogP contribution in [-0.4, -0.2) is 27.0 Å². The standard InChI is InChI=1S/C20H22BClF3N2O3S/c1-12(2)21-19(3,4)27-31(29,30)15-8-5-13(6-9-15)18(28)26-17-11-14(20(23,24)25)7-10-16(17)22/h5-12,27H,1-4H3,(H,26,28). The second kappa shape index (κ2) is 9.22. The van der Waals surface area contributed by atoms with Gasteiger partial charge in [-0.1, -0.05) is 45.1 Å². The molecule has 2 rings (SSSR count). The van der Waals surface area contributed by atoms with Crippen LogP contribution in [0.5, 0.6) is 0 Å². The van der Waals surface area contributed by atoms with Gasteiger partial charge in [0.2, 0.25) is 10.0 Å². The molecule has 0 saturated heterocycles. The zero-order valence-electron chi connectivity index (χ0n) is 17.3. The highest BCUT2D eigenvalue weighted by atomic mass is 35.5. The summed E-state index contributed by atoms with van der Waals surface area (Å²) in [6.45, 7) is 7.32. The van der Waals surface area contributed by atoms with Gasteiger partial charge in [-0.2, -0.15) is 13.2 Å². The van der Waals surface area contributed by atoms with Gasteiger partial charge in [-0.25, -0.2) is 13.1 Å². The molecule has 5 nitrogen and oxygen atoms in total. The molecule has 11 heteroatoms. The Balaban J connectivity index is 2.19. The van der Waals surface area contributed by atoms with Crippen molar-refractivity contribution in [3.63, 3.8) is 0 Å². The number of rotatable bonds is 7. The average molecular weight is 474 g/mol. The van der Waals surface area contributed by atoms with E-state index in [1.807, 2.05) is 21.1 Å². The summed E-state index contributed by atoms with van der Waals surface area (Å²) in [5.74, 6) is -0.571. The minimum absolute atomic E-state index is 0.0496. The van der Waals surface area contributed by atoms with Crippen molar-refractivity contribution >= 4 is 40.5 Å². The van der Waals surface area contributed by atoms with Gasteiger partial charge in [0, 0.05) is 5.56 Å². The van der Waals surface area contributed by atoms with E-state index in [1.54, 1.807) is 13.8 Å². The van der Waals surface area contributed by atoms with Crippen molar-refractivity contribution in [1.82, 2.24) is 4.72 Å². The zero-order valence-corrected chi connectivity index (χ0v) is 18.9. The van der Waals surface area contributed by atoms with Crippen LogP contribution in [0, 0.1) is 0 Å². The van der Waals surface area contributed by atoms with E-state index in [0.717, 1.165) is 18.2 Å². The van der Waals surface area contributed by atoms with Gasteiger partial charge >= 0.3 is 6.18 Å². The Morgan fingerprint density at radius 2 is 1.65 bits per heavy atom. The molecule has 2 aromatic rings. The highest BCUT2D eigenvalue weighted by molar-refractivity contribution is 7.89. The van der Waals surface area contributed by atoms with Crippen LogP contribution in [0.3, 0.4) is 0 Å². The van der Waals surface area contributed by atoms with Crippen LogP contribution in [0.1, 0.15) is 43.6 Å². The van der Waals surface area contributed by atoms with Crippen LogP contribution in [0.15, 0.2) is 47.4 Å². The first-order valence-electron chi connectivity index (χ1n) is 9.29. The van der Waals surface area contributed by atoms with E-state index in [2.05, 4.69) is 10.0 Å². The third-order valence-corrected chi connectivity index (χ3v) is 6.13. The number of hydrogen-bond acceptors (Lipinski definition) is 3. The number of carbonyl (C=O) groups is 1. The zero-order chi connectivity index (χ0) is 23.6. The molecule has 0 aliphatic heterocycles. The van der Waals surface area contributed by atoms with Gasteiger partial charge < -0.3 is 5.32 Å². The number of hydrogen-bond donors (Lipinski definition) is 2. The summed E-state index contributed by atoms with van der Waals surface area (Å²) in [7, 11) is -2.00. The summed E-state index contributed by atoms with van der Waals surface area (Å²) in [5, 5.41) is 2.25. The first kappa shape index (κ1) is 25.2. The molecule has 0 unspecified atom stereocenters. The molecular formula is C20H22BClF3N2O3S. The van der Waals surface area contributed by atoms with Gasteiger partial charge in [0.25, 0.3) is 5.91 Å². The maximum Gasteiger partial charge on any atom is 0.416 e. The number of carbonyl (C=O) groups excluding carboxylic acids is 1. The van der Waals surface area contributed by atoms with Crippen molar-refractivity contribution in [2.24, 2.45) is 0 Å². The topological polar surface area (TPSA) is 75.3 Å². The van der Waals surface area contributed by atoms with Crippen LogP contribution in [0.25, 0.3) is 0 Å². The van der Waals surface area contributed by atoms with E-state index in [4.69, 9.17) is 11.6 Å². The van der Waals surface area contributed by atoms with E-state index in [0.29, 0.717) is 0 Å². The lowest BCUT2D eigenvalue weighted by Crippen LogP contribution is -2.48. The monoisotopic (exact) mass is 473 g/mol. The van der Waals surface area contributed by atoms with Crippen molar-refractivity contribution < 1.29 is 26.4 Å². The molecule has 0 aliphatic carbocycles. The fourth-order valence-electron chi connectivity index (χ4n) is 3.05. The number of alkyl halides is 3. The first-order valence-corrected chi connectivity index (χ1v) is 11.1. The maximum absolute atomic E-state index is 12.9. The van der Waals surface area contributed by atoms with E-state index in [1.165, 1.54) is 24.3 Å². The van der Waals surface area contributed by atoms with Gasteiger partial charge in [-0.05, 0) is 47.9 Å². The van der Waals surface area contributed by atoms with Crippen LogP contribution < -0.4 is 10.0 Å². The van der Waals surface area contributed by atoms with Crippen molar-refractivity contribution in [3.8, 4) is 0 Å². The molecule has 1 radical (unpaired) electrons. The third kappa shape index (κ3) is 6.98. The number of benzene rings is 2. The lowest BCUT2D eigenvalue weighted by molar-refractivity contribution is -0.137. The molecule has 0 fully saturated rings. The van der Waals surface area contributed by atoms with Gasteiger partial charge in [-0.3, -0.25) is 4.79 Å². The first-order chi connectivity index (χ1) is 14.1. The molecule has 2 aromatic carbocycles. The van der Waals surface area contributed by atoms with E-state index < -0.39 is 33.1 Å². The summed E-state index contributed by atoms with van der Waals surface area (Å²) in [6.07, 6.45) is -4.59. The molecule has 0 heterocycles. The Kier molecular flexibility index (Phi) is 7.50. The lowest BCUT2D eigenvalue weighted by atomic mass is 9.53. The second-order valence-corrected chi connectivity index (χ2v) is 10.00. The molecule has 2 N–H and O–H groups in total. The van der Waals surface area contributed by atoms with Crippen LogP contribution in [0.4, 0.5) is 18.9 Å². The molecule has 1 amide bonds. The highest BCUT2D eigenvalue weighted by Gasteiger charge is 2.31. The average Bonchev–Trinajstić information content (AvgIpc) is 2.60. The molecule has 0 bridgehead atoms. The Bertz CT molecular complexity index is 1060. The van der Waals surface area contributed by atoms with E-state index in [-0.39, 0.29) is 27.0 Å². The molecule has 0 aliphatic rings. The SMILES string of the molecule is CC(C)[B]C(C)(C)NS(=O)(=O)c1ccc(C(=O)Nc2cc(C(F)(F)F)ccc2Cl)cc1. The van der Waals surface area contributed by atoms with Gasteiger partial charge in [0.05, 0.1) is 21.2 Å². The lowest BCUT2D eigenvalue weighted by Gasteiger charge is -2.27. The van der Waals surface area contributed by atoms with E-state index >= 15 is 0 Å². The number of anilines is 1. The number of halogens is 4. The minimum atomic E-state index is -4.59. The van der Waals surface area contributed by atoms with Crippen LogP contribution in [0.2, 0.25) is 10.8 Å². The van der Waals surface area contributed by atoms with E-state index in [9.17, 15) is 26.4 Å². The van der Waals surface area contributed by atoms with Gasteiger partial charge in [0.15, 0.2) is 0 Å². The second-order valence-electron chi connectivity index (χ2n) is 7.91. The largest absolute Gasteiger partial charge is 0.416 e. The Hall–Kier alpha value is -2.04. The Labute approximate surface area is 185 Å². The summed E-state index contributed by atoms with van der Waals surface area (Å²) < 4.78 is 66.5. The molecule has 0 aromatic heterocycles. The fraction of sp³-hybridized carbons (Fsp3) is 0.350. The predicted octanol–water partition coefficient (Wildman–Crippen LogP) is 5.16. The number of sulfonamides is 1. The quantitative estimate of drug-likeness (QED) is 0.546. The molecule has 0 atom stereocenters. The van der Waals surface area contributed by atoms with Crippen molar-refractivity contribution in [2.75, 3.05) is 5.32 Å². The van der Waals surface area contributed by atoms with Crippen LogP contribution in [-0.2, 0) is 16.2 Å². The molecular weight excluding hydrogens is 452 g/mol. The number of nitrogens with one attached hydrogen (secondary N) is 2. The van der Waals surface area contributed by atoms with Crippen molar-refractivity contribution in [3.05, 3.63) is 58.6 Å². The molecule has 31 heavy (non-hydrogen) atoms. The smallest absolute Gasteiger partial charge is 0.321 e. The normalized spacial score (nSPS) is 12.7. The van der Waals surface area contributed by atoms with Crippen molar-refractivity contribution in [2.45, 2.75) is 50.0 Å². The molecule has 167 valence electrons. The fourth-order valence-corrected chi connectivity index (χ4v) is 4.59.